The van der Waals surface area contributed by atoms with Crippen LogP contribution in [0, 0.1) is 0 Å². The van der Waals surface area contributed by atoms with E-state index in [2.05, 4.69) is 30.3 Å². The maximum absolute atomic E-state index is 14.3. The van der Waals surface area contributed by atoms with Gasteiger partial charge in [0.1, 0.15) is 0 Å². The molecule has 5 rings (SSSR count). The maximum Gasteiger partial charge on any atom is 0.333 e. The lowest BCUT2D eigenvalue weighted by Crippen LogP contribution is -2.40. The van der Waals surface area contributed by atoms with Gasteiger partial charge in [0.05, 0.1) is 6.61 Å². The summed E-state index contributed by atoms with van der Waals surface area (Å²) in [6.45, 7) is 2.93. The van der Waals surface area contributed by atoms with E-state index in [-0.39, 0.29) is 18.7 Å². The van der Waals surface area contributed by atoms with Crippen molar-refractivity contribution in [1.82, 2.24) is 0 Å². The van der Waals surface area contributed by atoms with E-state index < -0.39 is 0 Å². The van der Waals surface area contributed by atoms with Crippen LogP contribution in [0.25, 0.3) is 5.47 Å². The van der Waals surface area contributed by atoms with Gasteiger partial charge in [0, 0.05) is 17.6 Å². The van der Waals surface area contributed by atoms with E-state index in [0.29, 0.717) is 42.8 Å². The monoisotopic (exact) mass is 550 g/mol. The molecule has 1 atom stereocenters. The third kappa shape index (κ3) is 7.00. The van der Waals surface area contributed by atoms with Crippen LogP contribution in [-0.2, 0) is 14.2 Å². The van der Waals surface area contributed by atoms with E-state index in [1.165, 1.54) is 88.1 Å². The fraction of sp³-hybridized carbons (Fsp3) is 0.727. The number of carbonyl (C=O) groups excluding carboxylic acids is 1. The number of hydrogen-bond donors (Lipinski definition) is 0. The number of alkyl halides is 1. The van der Waals surface area contributed by atoms with Crippen LogP contribution in [0.3, 0.4) is 0 Å². The van der Waals surface area contributed by atoms with Gasteiger partial charge in [0.25, 0.3) is 0 Å². The zero-order valence-corrected chi connectivity index (χ0v) is 25.0. The Kier molecular flexibility index (Phi) is 11.0. The predicted molar refractivity (Wildman–Crippen MR) is 166 cm³/mol. The van der Waals surface area contributed by atoms with Crippen molar-refractivity contribution in [3.05, 3.63) is 41.5 Å². The van der Waals surface area contributed by atoms with Gasteiger partial charge < -0.3 is 9.39 Å². The number of fused-ring (bicyclic) bond motifs is 5. The lowest BCUT2D eigenvalue weighted by Gasteiger charge is -2.43. The van der Waals surface area contributed by atoms with E-state index in [0.717, 1.165) is 31.3 Å². The summed E-state index contributed by atoms with van der Waals surface area (Å²) in [6.07, 6.45) is 19.7. The highest BCUT2D eigenvalue weighted by Gasteiger charge is 2.48. The topological polar surface area (TPSA) is 35.5 Å². The van der Waals surface area contributed by atoms with E-state index in [4.69, 9.17) is 21.0 Å². The van der Waals surface area contributed by atoms with Crippen molar-refractivity contribution in [3.8, 4) is 0 Å². The molecule has 3 nitrogen and oxygen atoms in total. The number of carbonyl (C=O) groups is 1. The van der Waals surface area contributed by atoms with Crippen molar-refractivity contribution in [3.63, 3.8) is 0 Å². The molecule has 4 fully saturated rings. The molecule has 0 N–H and O–H groups in total. The highest BCUT2D eigenvalue weighted by atomic mass is 35.5. The Morgan fingerprint density at radius 1 is 0.897 bits per heavy atom. The van der Waals surface area contributed by atoms with Gasteiger partial charge in [-0.3, -0.25) is 0 Å². The molecule has 212 valence electrons. The van der Waals surface area contributed by atoms with Gasteiger partial charge in [-0.15, -0.1) is 11.6 Å². The Balaban J connectivity index is 1.67. The largest absolute Gasteiger partial charge is 0.463 e. The van der Waals surface area contributed by atoms with Crippen LogP contribution in [0.4, 0.5) is 0 Å². The molecule has 39 heavy (non-hydrogen) atoms. The zero-order valence-electron chi connectivity index (χ0n) is 24.3. The van der Waals surface area contributed by atoms with Crippen LogP contribution in [0.5, 0.6) is 0 Å². The molecule has 1 unspecified atom stereocenters. The van der Waals surface area contributed by atoms with Gasteiger partial charge in [0.15, 0.2) is 6.71 Å². The number of ether oxygens (including phenoxy) is 1. The molecule has 6 heteroatoms. The Labute approximate surface area is 243 Å². The molecule has 0 aliphatic carbocycles. The van der Waals surface area contributed by atoms with Crippen molar-refractivity contribution in [2.24, 2.45) is 0 Å². The predicted octanol–water partition coefficient (Wildman–Crippen LogP) is 9.43. The van der Waals surface area contributed by atoms with Crippen molar-refractivity contribution >= 4 is 36.7 Å². The van der Waals surface area contributed by atoms with Gasteiger partial charge in [0.2, 0.25) is 0 Å². The molecular formula is C33H49B2ClO3. The minimum Gasteiger partial charge on any atom is -0.463 e. The lowest BCUT2D eigenvalue weighted by atomic mass is 9.22. The fourth-order valence-electron chi connectivity index (χ4n) is 8.80. The first-order valence-corrected chi connectivity index (χ1v) is 16.9. The highest BCUT2D eigenvalue weighted by molar-refractivity contribution is 6.83. The van der Waals surface area contributed by atoms with Gasteiger partial charge in [-0.05, 0) is 43.4 Å². The summed E-state index contributed by atoms with van der Waals surface area (Å²) >= 11 is 6.09. The van der Waals surface area contributed by atoms with E-state index in [1.807, 2.05) is 6.92 Å². The van der Waals surface area contributed by atoms with E-state index in [9.17, 15) is 4.79 Å². The van der Waals surface area contributed by atoms with Crippen molar-refractivity contribution in [1.29, 1.82) is 0 Å². The minimum absolute atomic E-state index is 0.0789. The second kappa shape index (κ2) is 14.6. The highest BCUT2D eigenvalue weighted by Crippen LogP contribution is 2.54. The van der Waals surface area contributed by atoms with E-state index in [1.54, 1.807) is 0 Å². The minimum atomic E-state index is -0.0789. The summed E-state index contributed by atoms with van der Waals surface area (Å²) in [6, 6.07) is 10.9. The molecule has 0 spiro atoms. The Bertz CT molecular complexity index is 922. The third-order valence-corrected chi connectivity index (χ3v) is 10.7. The fourth-order valence-corrected chi connectivity index (χ4v) is 8.99. The number of halogens is 1. The number of benzene rings is 1. The first-order valence-electron chi connectivity index (χ1n) is 16.4. The normalized spacial score (nSPS) is 28.4. The molecule has 4 aliphatic rings. The van der Waals surface area contributed by atoms with Crippen LogP contribution in [-0.4, -0.2) is 38.2 Å². The SMILES string of the molecule is CCOC(=O)/C(=C(\B1C2CCCC1CCC2)c1ccccc1)C(CCCCCCl)B1OC2CCCC1CCC2. The molecule has 0 aromatic heterocycles. The average molecular weight is 551 g/mol. The Morgan fingerprint density at radius 2 is 1.51 bits per heavy atom. The van der Waals surface area contributed by atoms with Gasteiger partial charge in [-0.2, -0.15) is 0 Å². The summed E-state index contributed by atoms with van der Waals surface area (Å²) in [7, 11) is 0. The number of unbranched alkanes of at least 4 members (excludes halogenated alkanes) is 2. The van der Waals surface area contributed by atoms with E-state index >= 15 is 0 Å². The van der Waals surface area contributed by atoms with Crippen LogP contribution < -0.4 is 0 Å². The number of hydrogen-bond acceptors (Lipinski definition) is 3. The van der Waals surface area contributed by atoms with Gasteiger partial charge in [-0.1, -0.05) is 131 Å². The zero-order chi connectivity index (χ0) is 27.0. The summed E-state index contributed by atoms with van der Waals surface area (Å²) in [5.74, 6) is 2.58. The quantitative estimate of drug-likeness (QED) is 0.0905. The van der Waals surface area contributed by atoms with Crippen LogP contribution in [0.1, 0.15) is 115 Å². The molecule has 0 radical (unpaired) electrons. The lowest BCUT2D eigenvalue weighted by molar-refractivity contribution is -0.138. The van der Waals surface area contributed by atoms with Crippen molar-refractivity contribution in [2.75, 3.05) is 12.5 Å². The molecule has 4 bridgehead atoms. The maximum atomic E-state index is 14.3. The molecule has 4 aliphatic heterocycles. The van der Waals surface area contributed by atoms with Gasteiger partial charge in [-0.25, -0.2) is 4.79 Å². The second-order valence-electron chi connectivity index (χ2n) is 12.8. The molecule has 1 aromatic carbocycles. The average Bonchev–Trinajstić information content (AvgIpc) is 3.26. The molecule has 0 amide bonds. The molecule has 1 aromatic rings. The second-order valence-corrected chi connectivity index (χ2v) is 13.2. The standard InChI is InChI=1S/C33H49B2ClO3/c1-2-38-33(37)31(30(23-7-4-8-24-36)35-28-19-11-21-29(39-35)22-12-20-28)32(25-13-5-3-6-14-25)34-26-15-9-16-27(34)18-10-17-26/h3,5-6,13-14,26-30H,2,4,7-12,15-24H2,1H3/b32-31-. The molecule has 4 saturated heterocycles. The van der Waals surface area contributed by atoms with Crippen molar-refractivity contribution < 1.29 is 14.2 Å². The summed E-state index contributed by atoms with van der Waals surface area (Å²) in [5, 5.41) is 0. The summed E-state index contributed by atoms with van der Waals surface area (Å²) in [5.41, 5.74) is 3.55. The smallest absolute Gasteiger partial charge is 0.333 e. The number of esters is 1. The summed E-state index contributed by atoms with van der Waals surface area (Å²) in [4.78, 5) is 14.3. The van der Waals surface area contributed by atoms with Crippen LogP contribution >= 0.6 is 11.6 Å². The van der Waals surface area contributed by atoms with Crippen molar-refractivity contribution in [2.45, 2.75) is 139 Å². The molecular weight excluding hydrogens is 501 g/mol. The van der Waals surface area contributed by atoms with Crippen LogP contribution in [0.15, 0.2) is 35.9 Å². The molecule has 4 heterocycles. The Morgan fingerprint density at radius 3 is 2.13 bits per heavy atom. The molecule has 0 saturated carbocycles. The third-order valence-electron chi connectivity index (χ3n) is 10.5. The Hall–Kier alpha value is -1.19. The summed E-state index contributed by atoms with van der Waals surface area (Å²) < 4.78 is 13.1. The van der Waals surface area contributed by atoms with Gasteiger partial charge >= 0.3 is 12.9 Å². The number of rotatable bonds is 11. The first-order chi connectivity index (χ1) is 19.2. The van der Waals surface area contributed by atoms with Crippen LogP contribution in [0.2, 0.25) is 23.3 Å². The first kappa shape index (κ1) is 29.3.